The Hall–Kier alpha value is -0.990. The number of hydrogen-bond acceptors (Lipinski definition) is 1. The second-order valence-electron chi connectivity index (χ2n) is 2.06. The zero-order chi connectivity index (χ0) is 9.56. The summed E-state index contributed by atoms with van der Waals surface area (Å²) in [5.74, 6) is 0. The van der Waals surface area contributed by atoms with Gasteiger partial charge in [-0.25, -0.2) is 8.78 Å². The fourth-order valence-electron chi connectivity index (χ4n) is 0.679. The Morgan fingerprint density at radius 3 is 2.25 bits per heavy atom. The molecule has 0 unspecified atom stereocenters. The number of alkyl halides is 2. The van der Waals surface area contributed by atoms with Crippen LogP contribution in [0.3, 0.4) is 0 Å². The van der Waals surface area contributed by atoms with Gasteiger partial charge in [0.2, 0.25) is 0 Å². The molecule has 0 amide bonds. The second kappa shape index (κ2) is 5.63. The van der Waals surface area contributed by atoms with Crippen molar-refractivity contribution in [3.8, 4) is 0 Å². The van der Waals surface area contributed by atoms with E-state index in [1.54, 1.807) is 13.0 Å². The zero-order valence-corrected chi connectivity index (χ0v) is 7.51. The average molecular weight is 173 g/mol. The van der Waals surface area contributed by atoms with Crippen LogP contribution in [0.4, 0.5) is 8.78 Å². The molecule has 1 aromatic rings. The lowest BCUT2D eigenvalue weighted by Crippen LogP contribution is -1.88. The lowest BCUT2D eigenvalue weighted by Gasteiger charge is -1.97. The molecule has 0 radical (unpaired) electrons. The van der Waals surface area contributed by atoms with Crippen LogP contribution >= 0.6 is 0 Å². The SMILES string of the molecule is CC.Cc1ccnc(C(F)F)c1. The van der Waals surface area contributed by atoms with Gasteiger partial charge in [-0.2, -0.15) is 0 Å². The molecule has 0 saturated heterocycles. The van der Waals surface area contributed by atoms with Gasteiger partial charge in [-0.15, -0.1) is 0 Å². The van der Waals surface area contributed by atoms with Crippen LogP contribution in [0.1, 0.15) is 31.5 Å². The van der Waals surface area contributed by atoms with Crippen molar-refractivity contribution in [2.45, 2.75) is 27.2 Å². The van der Waals surface area contributed by atoms with E-state index < -0.39 is 6.43 Å². The average Bonchev–Trinajstić information content (AvgIpc) is 2.08. The van der Waals surface area contributed by atoms with Crippen LogP contribution in [0.5, 0.6) is 0 Å². The van der Waals surface area contributed by atoms with Crippen LogP contribution in [0, 0.1) is 6.92 Å². The van der Waals surface area contributed by atoms with E-state index in [9.17, 15) is 8.78 Å². The van der Waals surface area contributed by atoms with Gasteiger partial charge in [-0.3, -0.25) is 4.98 Å². The molecule has 68 valence electrons. The molecule has 1 heterocycles. The maximum absolute atomic E-state index is 11.9. The van der Waals surface area contributed by atoms with Crippen LogP contribution in [0.2, 0.25) is 0 Å². The van der Waals surface area contributed by atoms with E-state index in [0.717, 1.165) is 5.56 Å². The van der Waals surface area contributed by atoms with Gasteiger partial charge in [0, 0.05) is 6.20 Å². The van der Waals surface area contributed by atoms with Crippen molar-refractivity contribution in [1.82, 2.24) is 4.98 Å². The van der Waals surface area contributed by atoms with Gasteiger partial charge < -0.3 is 0 Å². The van der Waals surface area contributed by atoms with E-state index in [0.29, 0.717) is 0 Å². The van der Waals surface area contributed by atoms with Crippen LogP contribution in [-0.4, -0.2) is 4.98 Å². The summed E-state index contributed by atoms with van der Waals surface area (Å²) < 4.78 is 23.8. The van der Waals surface area contributed by atoms with Gasteiger partial charge in [0.25, 0.3) is 6.43 Å². The van der Waals surface area contributed by atoms with Gasteiger partial charge in [-0.1, -0.05) is 13.8 Å². The van der Waals surface area contributed by atoms with Crippen molar-refractivity contribution < 1.29 is 8.78 Å². The van der Waals surface area contributed by atoms with Crippen molar-refractivity contribution in [3.63, 3.8) is 0 Å². The Bertz CT molecular complexity index is 224. The molecule has 1 nitrogen and oxygen atoms in total. The molecule has 0 aliphatic rings. The molecule has 0 N–H and O–H groups in total. The number of rotatable bonds is 1. The Morgan fingerprint density at radius 2 is 1.92 bits per heavy atom. The fraction of sp³-hybridized carbons (Fsp3) is 0.444. The highest BCUT2D eigenvalue weighted by atomic mass is 19.3. The minimum Gasteiger partial charge on any atom is -0.255 e. The van der Waals surface area contributed by atoms with Crippen LogP contribution in [0.15, 0.2) is 18.3 Å². The monoisotopic (exact) mass is 173 g/mol. The lowest BCUT2D eigenvalue weighted by molar-refractivity contribution is 0.146. The molecule has 0 aromatic carbocycles. The number of nitrogens with zero attached hydrogens (tertiary/aromatic N) is 1. The maximum Gasteiger partial charge on any atom is 0.280 e. The molecule has 12 heavy (non-hydrogen) atoms. The van der Waals surface area contributed by atoms with Crippen LogP contribution in [-0.2, 0) is 0 Å². The first-order valence-electron chi connectivity index (χ1n) is 3.91. The topological polar surface area (TPSA) is 12.9 Å². The van der Waals surface area contributed by atoms with Crippen molar-refractivity contribution >= 4 is 0 Å². The fourth-order valence-corrected chi connectivity index (χ4v) is 0.679. The normalized spacial score (nSPS) is 9.17. The van der Waals surface area contributed by atoms with E-state index in [2.05, 4.69) is 4.98 Å². The van der Waals surface area contributed by atoms with E-state index in [-0.39, 0.29) is 5.69 Å². The Kier molecular flexibility index (Phi) is 5.17. The highest BCUT2D eigenvalue weighted by molar-refractivity contribution is 5.14. The molecule has 0 fully saturated rings. The number of aromatic nitrogens is 1. The highest BCUT2D eigenvalue weighted by Crippen LogP contribution is 2.15. The molecule has 0 atom stereocenters. The van der Waals surface area contributed by atoms with E-state index in [1.165, 1.54) is 12.3 Å². The number of hydrogen-bond donors (Lipinski definition) is 0. The van der Waals surface area contributed by atoms with Gasteiger partial charge in [0.05, 0.1) is 0 Å². The summed E-state index contributed by atoms with van der Waals surface area (Å²) in [7, 11) is 0. The maximum atomic E-state index is 11.9. The number of pyridine rings is 1. The molecule has 1 aromatic heterocycles. The zero-order valence-electron chi connectivity index (χ0n) is 7.51. The van der Waals surface area contributed by atoms with E-state index in [4.69, 9.17) is 0 Å². The first kappa shape index (κ1) is 11.0. The van der Waals surface area contributed by atoms with Gasteiger partial charge in [0.1, 0.15) is 5.69 Å². The summed E-state index contributed by atoms with van der Waals surface area (Å²) >= 11 is 0. The summed E-state index contributed by atoms with van der Waals surface area (Å²) in [5, 5.41) is 0. The van der Waals surface area contributed by atoms with Crippen molar-refractivity contribution in [2.24, 2.45) is 0 Å². The van der Waals surface area contributed by atoms with Crippen LogP contribution in [0.25, 0.3) is 0 Å². The van der Waals surface area contributed by atoms with E-state index >= 15 is 0 Å². The molecule has 0 aliphatic heterocycles. The van der Waals surface area contributed by atoms with Gasteiger partial charge in [-0.05, 0) is 24.6 Å². The largest absolute Gasteiger partial charge is 0.280 e. The predicted octanol–water partition coefficient (Wildman–Crippen LogP) is 3.35. The minimum absolute atomic E-state index is 0.153. The molecular formula is C9H13F2N. The van der Waals surface area contributed by atoms with E-state index in [1.807, 2.05) is 13.8 Å². The highest BCUT2D eigenvalue weighted by Gasteiger charge is 2.06. The Morgan fingerprint density at radius 1 is 1.33 bits per heavy atom. The quantitative estimate of drug-likeness (QED) is 0.634. The molecule has 0 bridgehead atoms. The smallest absolute Gasteiger partial charge is 0.255 e. The van der Waals surface area contributed by atoms with Gasteiger partial charge >= 0.3 is 0 Å². The number of halogens is 2. The summed E-state index contributed by atoms with van der Waals surface area (Å²) in [6.45, 7) is 5.76. The predicted molar refractivity (Wildman–Crippen MR) is 45.3 cm³/mol. The summed E-state index contributed by atoms with van der Waals surface area (Å²) in [5.41, 5.74) is 0.658. The standard InChI is InChI=1S/C7H7F2N.C2H6/c1-5-2-3-10-6(4-5)7(8)9;1-2/h2-4,7H,1H3;1-2H3. The van der Waals surface area contributed by atoms with Crippen LogP contribution < -0.4 is 0 Å². The Labute approximate surface area is 71.4 Å². The summed E-state index contributed by atoms with van der Waals surface area (Å²) in [4.78, 5) is 3.49. The minimum atomic E-state index is -2.46. The first-order chi connectivity index (χ1) is 5.70. The molecule has 3 heteroatoms. The third-order valence-electron chi connectivity index (χ3n) is 1.16. The summed E-state index contributed by atoms with van der Waals surface area (Å²) in [6, 6.07) is 3.07. The molecule has 0 spiro atoms. The first-order valence-corrected chi connectivity index (χ1v) is 3.91. The van der Waals surface area contributed by atoms with Crippen molar-refractivity contribution in [3.05, 3.63) is 29.6 Å². The molecule has 1 rings (SSSR count). The van der Waals surface area contributed by atoms with Gasteiger partial charge in [0.15, 0.2) is 0 Å². The van der Waals surface area contributed by atoms with Crippen molar-refractivity contribution in [2.75, 3.05) is 0 Å². The third-order valence-corrected chi connectivity index (χ3v) is 1.16. The molecule has 0 aliphatic carbocycles. The number of aryl methyl sites for hydroxylation is 1. The third kappa shape index (κ3) is 3.42. The second-order valence-corrected chi connectivity index (χ2v) is 2.06. The lowest BCUT2D eigenvalue weighted by atomic mass is 10.2. The summed E-state index contributed by atoms with van der Waals surface area (Å²) in [6.07, 6.45) is -1.07. The molecule has 0 saturated carbocycles. The Balaban J connectivity index is 0.000000561. The van der Waals surface area contributed by atoms with Crippen molar-refractivity contribution in [1.29, 1.82) is 0 Å². The molecular weight excluding hydrogens is 160 g/mol.